The fourth-order valence-corrected chi connectivity index (χ4v) is 5.76. The first kappa shape index (κ1) is 24.1. The van der Waals surface area contributed by atoms with Crippen molar-refractivity contribution in [3.05, 3.63) is 63.8 Å². The van der Waals surface area contributed by atoms with Crippen molar-refractivity contribution in [3.8, 4) is 6.07 Å². The quantitative estimate of drug-likeness (QED) is 0.573. The predicted molar refractivity (Wildman–Crippen MR) is 141 cm³/mol. The molecule has 7 heteroatoms. The average molecular weight is 484 g/mol. The molecule has 1 aromatic heterocycles. The first-order valence-electron chi connectivity index (χ1n) is 12.8. The number of piperazine rings is 1. The number of aromatic amines is 1. The van der Waals surface area contributed by atoms with Gasteiger partial charge in [0.15, 0.2) is 5.78 Å². The molecule has 0 spiro atoms. The summed E-state index contributed by atoms with van der Waals surface area (Å²) in [5, 5.41) is 10.2. The first-order chi connectivity index (χ1) is 17.3. The molecule has 3 N–H and O–H groups in total. The van der Waals surface area contributed by atoms with Gasteiger partial charge in [-0.25, -0.2) is 0 Å². The van der Waals surface area contributed by atoms with Gasteiger partial charge in [-0.05, 0) is 54.8 Å². The Kier molecular flexibility index (Phi) is 6.09. The van der Waals surface area contributed by atoms with Crippen LogP contribution in [0.4, 0.5) is 5.69 Å². The van der Waals surface area contributed by atoms with E-state index in [1.54, 1.807) is 6.07 Å². The van der Waals surface area contributed by atoms with Gasteiger partial charge in [0.25, 0.3) is 0 Å². The lowest BCUT2D eigenvalue weighted by Gasteiger charge is -2.39. The van der Waals surface area contributed by atoms with Crippen molar-refractivity contribution in [2.75, 3.05) is 37.6 Å². The largest absolute Gasteiger partial charge is 0.368 e. The molecule has 5 rings (SSSR count). The zero-order valence-electron chi connectivity index (χ0n) is 21.3. The van der Waals surface area contributed by atoms with Crippen LogP contribution in [0.25, 0.3) is 10.9 Å². The molecule has 36 heavy (non-hydrogen) atoms. The number of hydrogen-bond acceptors (Lipinski definition) is 5. The number of benzene rings is 2. The van der Waals surface area contributed by atoms with Crippen LogP contribution in [-0.4, -0.2) is 54.3 Å². The Morgan fingerprint density at radius 1 is 1.17 bits per heavy atom. The minimum atomic E-state index is -0.411. The molecule has 2 aliphatic rings. The van der Waals surface area contributed by atoms with Crippen LogP contribution in [0.5, 0.6) is 0 Å². The van der Waals surface area contributed by atoms with Crippen molar-refractivity contribution in [2.45, 2.75) is 45.4 Å². The number of H-pyrrole nitrogens is 1. The summed E-state index contributed by atoms with van der Waals surface area (Å²) in [5.41, 5.74) is 12.2. The van der Waals surface area contributed by atoms with E-state index in [1.807, 2.05) is 17.0 Å². The second-order valence-corrected chi connectivity index (χ2v) is 10.3. The standard InChI is InChI=1S/C29H33N5O2/c1-4-19-15-21-22(16-24(19)33-10-12-34(13-11-33)25(35)6-5-9-30)29(2,3)28-26(27(21)36)20-8-7-18(17-31)14-23(20)32-28/h7-8,14-16,32H,4-6,9-13,30H2,1-3H3. The van der Waals surface area contributed by atoms with Crippen LogP contribution in [0.1, 0.15) is 71.9 Å². The smallest absolute Gasteiger partial charge is 0.222 e. The Hall–Kier alpha value is -3.63. The zero-order valence-corrected chi connectivity index (χ0v) is 21.3. The second-order valence-electron chi connectivity index (χ2n) is 10.3. The molecule has 1 fully saturated rings. The van der Waals surface area contributed by atoms with E-state index in [0.717, 1.165) is 64.9 Å². The van der Waals surface area contributed by atoms with Crippen molar-refractivity contribution in [2.24, 2.45) is 5.73 Å². The average Bonchev–Trinajstić information content (AvgIpc) is 3.30. The van der Waals surface area contributed by atoms with Gasteiger partial charge in [0.05, 0.1) is 17.2 Å². The van der Waals surface area contributed by atoms with Crippen LogP contribution in [0.3, 0.4) is 0 Å². The van der Waals surface area contributed by atoms with Crippen LogP contribution in [0.2, 0.25) is 0 Å². The molecule has 186 valence electrons. The zero-order chi connectivity index (χ0) is 25.6. The summed E-state index contributed by atoms with van der Waals surface area (Å²) in [4.78, 5) is 34.1. The molecule has 1 aliphatic heterocycles. The number of rotatable bonds is 5. The highest BCUT2D eigenvalue weighted by Gasteiger charge is 2.40. The molecule has 1 aliphatic carbocycles. The van der Waals surface area contributed by atoms with Crippen LogP contribution in [0.15, 0.2) is 30.3 Å². The Labute approximate surface area is 211 Å². The molecule has 0 unspecified atom stereocenters. The van der Waals surface area contributed by atoms with Crippen molar-refractivity contribution >= 4 is 28.3 Å². The number of anilines is 1. The summed E-state index contributed by atoms with van der Waals surface area (Å²) in [6.07, 6.45) is 2.05. The van der Waals surface area contributed by atoms with E-state index < -0.39 is 5.41 Å². The number of amides is 1. The molecular weight excluding hydrogens is 450 g/mol. The fourth-order valence-electron chi connectivity index (χ4n) is 5.76. The van der Waals surface area contributed by atoms with E-state index in [4.69, 9.17) is 5.73 Å². The third kappa shape index (κ3) is 3.77. The normalized spacial score (nSPS) is 16.6. The third-order valence-electron chi connectivity index (χ3n) is 7.87. The van der Waals surface area contributed by atoms with E-state index in [2.05, 4.69) is 48.9 Å². The molecule has 7 nitrogen and oxygen atoms in total. The maximum absolute atomic E-state index is 13.8. The number of hydrogen-bond donors (Lipinski definition) is 2. The van der Waals surface area contributed by atoms with Gasteiger partial charge in [-0.15, -0.1) is 0 Å². The van der Waals surface area contributed by atoms with Crippen molar-refractivity contribution in [3.63, 3.8) is 0 Å². The Morgan fingerprint density at radius 3 is 2.58 bits per heavy atom. The van der Waals surface area contributed by atoms with Crippen molar-refractivity contribution in [1.82, 2.24) is 9.88 Å². The highest BCUT2D eigenvalue weighted by molar-refractivity contribution is 6.20. The number of aryl methyl sites for hydroxylation is 1. The Balaban J connectivity index is 1.52. The molecule has 3 aromatic rings. The summed E-state index contributed by atoms with van der Waals surface area (Å²) in [6, 6.07) is 11.9. The van der Waals surface area contributed by atoms with Crippen LogP contribution in [0, 0.1) is 11.3 Å². The molecule has 1 amide bonds. The van der Waals surface area contributed by atoms with E-state index in [0.29, 0.717) is 37.2 Å². The minimum absolute atomic E-state index is 0.0341. The molecular formula is C29H33N5O2. The SMILES string of the molecule is CCc1cc2c(cc1N1CCN(C(=O)CCCN)CC1)C(C)(C)c1[nH]c3cc(C#N)ccc3c1C2=O. The number of nitriles is 1. The highest BCUT2D eigenvalue weighted by Crippen LogP contribution is 2.45. The molecule has 2 heterocycles. The lowest BCUT2D eigenvalue weighted by Crippen LogP contribution is -2.49. The van der Waals surface area contributed by atoms with Crippen molar-refractivity contribution < 1.29 is 9.59 Å². The number of ketones is 1. The molecule has 0 atom stereocenters. The van der Waals surface area contributed by atoms with E-state index in [-0.39, 0.29) is 11.7 Å². The Morgan fingerprint density at radius 2 is 1.92 bits per heavy atom. The second kappa shape index (κ2) is 9.11. The summed E-state index contributed by atoms with van der Waals surface area (Å²) < 4.78 is 0. The van der Waals surface area contributed by atoms with Gasteiger partial charge in [0.2, 0.25) is 5.91 Å². The summed E-state index contributed by atoms with van der Waals surface area (Å²) >= 11 is 0. The molecule has 0 saturated carbocycles. The number of aromatic nitrogens is 1. The number of nitrogens with two attached hydrogens (primary N) is 1. The first-order valence-corrected chi connectivity index (χ1v) is 12.8. The molecule has 1 saturated heterocycles. The van der Waals surface area contributed by atoms with Crippen LogP contribution < -0.4 is 10.6 Å². The van der Waals surface area contributed by atoms with E-state index >= 15 is 0 Å². The highest BCUT2D eigenvalue weighted by atomic mass is 16.2. The number of nitrogens with one attached hydrogen (secondary N) is 1. The number of carbonyl (C=O) groups excluding carboxylic acids is 2. The summed E-state index contributed by atoms with van der Waals surface area (Å²) in [7, 11) is 0. The van der Waals surface area contributed by atoms with Gasteiger partial charge in [-0.3, -0.25) is 9.59 Å². The van der Waals surface area contributed by atoms with Gasteiger partial charge >= 0.3 is 0 Å². The number of carbonyl (C=O) groups is 2. The monoisotopic (exact) mass is 483 g/mol. The third-order valence-corrected chi connectivity index (χ3v) is 7.87. The van der Waals surface area contributed by atoms with E-state index in [9.17, 15) is 14.9 Å². The molecule has 0 bridgehead atoms. The lowest BCUT2D eigenvalue weighted by atomic mass is 9.70. The summed E-state index contributed by atoms with van der Waals surface area (Å²) in [5.74, 6) is 0.214. The van der Waals surface area contributed by atoms with Gasteiger partial charge in [-0.2, -0.15) is 5.26 Å². The maximum Gasteiger partial charge on any atom is 0.222 e. The number of nitrogens with zero attached hydrogens (tertiary/aromatic N) is 3. The van der Waals surface area contributed by atoms with Crippen LogP contribution >= 0.6 is 0 Å². The lowest BCUT2D eigenvalue weighted by molar-refractivity contribution is -0.131. The predicted octanol–water partition coefficient (Wildman–Crippen LogP) is 3.86. The number of fused-ring (bicyclic) bond motifs is 4. The van der Waals surface area contributed by atoms with Gasteiger partial charge in [0.1, 0.15) is 0 Å². The topological polar surface area (TPSA) is 106 Å². The van der Waals surface area contributed by atoms with Gasteiger partial charge in [0, 0.05) is 65.9 Å². The fraction of sp³-hybridized carbons (Fsp3) is 0.414. The van der Waals surface area contributed by atoms with Crippen molar-refractivity contribution in [1.29, 1.82) is 5.26 Å². The maximum atomic E-state index is 13.8. The van der Waals surface area contributed by atoms with Gasteiger partial charge < -0.3 is 20.5 Å². The van der Waals surface area contributed by atoms with Crippen LogP contribution in [-0.2, 0) is 16.6 Å². The Bertz CT molecular complexity index is 1400. The van der Waals surface area contributed by atoms with E-state index in [1.165, 1.54) is 0 Å². The molecule has 0 radical (unpaired) electrons. The summed E-state index contributed by atoms with van der Waals surface area (Å²) in [6.45, 7) is 9.89. The molecule has 2 aromatic carbocycles. The minimum Gasteiger partial charge on any atom is -0.368 e. The van der Waals surface area contributed by atoms with Gasteiger partial charge in [-0.1, -0.05) is 26.8 Å².